The number of phenols is 1. The van der Waals surface area contributed by atoms with Crippen LogP contribution in [0.5, 0.6) is 5.75 Å². The smallest absolute Gasteiger partial charge is 0.255 e. The maximum atomic E-state index is 14.0. The van der Waals surface area contributed by atoms with Crippen molar-refractivity contribution in [1.29, 1.82) is 0 Å². The summed E-state index contributed by atoms with van der Waals surface area (Å²) in [6, 6.07) is 7.26. The fourth-order valence-corrected chi connectivity index (χ4v) is 6.91. The molecule has 6 rings (SSSR count). The number of aryl methyl sites for hydroxylation is 1. The fourth-order valence-electron chi connectivity index (χ4n) is 6.91. The monoisotopic (exact) mass is 604 g/mol. The number of hydrogen-bond donors (Lipinski definition) is 6. The van der Waals surface area contributed by atoms with E-state index in [9.17, 15) is 34.8 Å². The summed E-state index contributed by atoms with van der Waals surface area (Å²) in [7, 11) is 3.11. The normalized spacial score (nSPS) is 24.9. The third-order valence-corrected chi connectivity index (χ3v) is 8.81. The average Bonchev–Trinajstić information content (AvgIpc) is 3.59. The molecule has 0 aliphatic heterocycles. The first kappa shape index (κ1) is 29.4. The van der Waals surface area contributed by atoms with Crippen LogP contribution in [0.4, 0.5) is 0 Å². The molecule has 0 radical (unpaired) electrons. The van der Waals surface area contributed by atoms with Crippen molar-refractivity contribution in [2.75, 3.05) is 14.1 Å². The van der Waals surface area contributed by atoms with Crippen LogP contribution in [0.1, 0.15) is 34.8 Å². The minimum atomic E-state index is -2.69. The number of nitrogens with zero attached hydrogens (tertiary/aromatic N) is 2. The molecule has 0 bridgehead atoms. The Morgan fingerprint density at radius 3 is 2.57 bits per heavy atom. The zero-order valence-corrected chi connectivity index (χ0v) is 24.2. The summed E-state index contributed by atoms with van der Waals surface area (Å²) in [5.41, 5.74) is 3.47. The molecule has 13 nitrogen and oxygen atoms in total. The molecule has 0 spiro atoms. The number of nitrogens with one attached hydrogen (secondary N) is 1. The Morgan fingerprint density at radius 1 is 1.16 bits per heavy atom. The van der Waals surface area contributed by atoms with Crippen molar-refractivity contribution < 1.29 is 43.7 Å². The number of aromatic hydroxyl groups is 1. The molecule has 0 saturated heterocycles. The molecule has 3 aliphatic rings. The van der Waals surface area contributed by atoms with Gasteiger partial charge in [0.05, 0.1) is 23.8 Å². The van der Waals surface area contributed by atoms with Crippen LogP contribution >= 0.6 is 0 Å². The third kappa shape index (κ3) is 4.34. The van der Waals surface area contributed by atoms with E-state index in [0.29, 0.717) is 41.5 Å². The van der Waals surface area contributed by atoms with Gasteiger partial charge in [-0.05, 0) is 69.6 Å². The van der Waals surface area contributed by atoms with E-state index in [0.717, 1.165) is 5.69 Å². The number of Topliss-reactive ketones (excluding diaryl/α,β-unsaturated/α-hetero) is 2. The second-order valence-electron chi connectivity index (χ2n) is 11.7. The number of aliphatic hydroxyl groups excluding tert-OH is 2. The van der Waals surface area contributed by atoms with Gasteiger partial charge in [0.2, 0.25) is 5.78 Å². The van der Waals surface area contributed by atoms with E-state index in [-0.39, 0.29) is 29.7 Å². The van der Waals surface area contributed by atoms with E-state index >= 15 is 0 Å². The van der Waals surface area contributed by atoms with Crippen molar-refractivity contribution in [2.45, 2.75) is 44.5 Å². The van der Waals surface area contributed by atoms with Crippen molar-refractivity contribution in [1.82, 2.24) is 15.4 Å². The molecule has 1 saturated carbocycles. The highest BCUT2D eigenvalue weighted by atomic mass is 16.5. The molecule has 4 atom stereocenters. The van der Waals surface area contributed by atoms with Crippen molar-refractivity contribution >= 4 is 23.2 Å². The van der Waals surface area contributed by atoms with Gasteiger partial charge in [-0.2, -0.15) is 0 Å². The van der Waals surface area contributed by atoms with Crippen LogP contribution in [-0.4, -0.2) is 73.7 Å². The van der Waals surface area contributed by atoms with Crippen LogP contribution in [0, 0.1) is 18.8 Å². The largest absolute Gasteiger partial charge is 0.508 e. The lowest BCUT2D eigenvalue weighted by atomic mass is 9.57. The molecule has 2 heterocycles. The molecule has 1 amide bonds. The van der Waals surface area contributed by atoms with Gasteiger partial charge < -0.3 is 40.4 Å². The summed E-state index contributed by atoms with van der Waals surface area (Å²) in [6.07, 6.45) is 0.147. The number of likely N-dealkylation sites (N-methyl/N-ethyl adjacent to an activating group) is 1. The number of nitrogens with two attached hydrogens (primary N) is 1. The molecular formula is C31H32N4O9. The Labute approximate surface area is 251 Å². The van der Waals surface area contributed by atoms with Gasteiger partial charge in [0, 0.05) is 29.7 Å². The number of hydrogen-bond acceptors (Lipinski definition) is 12. The number of amides is 1. The number of aromatic nitrogens is 1. The molecule has 44 heavy (non-hydrogen) atoms. The Balaban J connectivity index is 1.38. The Kier molecular flexibility index (Phi) is 6.99. The van der Waals surface area contributed by atoms with Crippen LogP contribution in [0.2, 0.25) is 0 Å². The average molecular weight is 605 g/mol. The summed E-state index contributed by atoms with van der Waals surface area (Å²) < 4.78 is 11.2. The van der Waals surface area contributed by atoms with Gasteiger partial charge in [-0.3, -0.25) is 19.3 Å². The molecule has 3 aromatic rings. The van der Waals surface area contributed by atoms with Gasteiger partial charge in [0.15, 0.2) is 11.4 Å². The van der Waals surface area contributed by atoms with E-state index < -0.39 is 58.0 Å². The predicted molar refractivity (Wildman–Crippen MR) is 154 cm³/mol. The molecule has 0 unspecified atom stereocenters. The number of benzene rings is 1. The number of ketones is 2. The lowest BCUT2D eigenvalue weighted by Crippen LogP contribution is -2.65. The highest BCUT2D eigenvalue weighted by Crippen LogP contribution is 2.53. The molecule has 230 valence electrons. The van der Waals surface area contributed by atoms with E-state index in [1.807, 2.05) is 13.0 Å². The lowest BCUT2D eigenvalue weighted by molar-refractivity contribution is -0.153. The summed E-state index contributed by atoms with van der Waals surface area (Å²) >= 11 is 0. The number of primary amides is 1. The number of carbonyl (C=O) groups is 3. The highest BCUT2D eigenvalue weighted by Gasteiger charge is 2.64. The molecule has 3 aliphatic carbocycles. The summed E-state index contributed by atoms with van der Waals surface area (Å²) in [5, 5.41) is 52.2. The zero-order chi connectivity index (χ0) is 31.7. The second-order valence-corrected chi connectivity index (χ2v) is 11.7. The van der Waals surface area contributed by atoms with Crippen molar-refractivity contribution in [3.63, 3.8) is 0 Å². The first-order chi connectivity index (χ1) is 20.8. The molecule has 7 N–H and O–H groups in total. The van der Waals surface area contributed by atoms with E-state index in [2.05, 4.69) is 10.5 Å². The van der Waals surface area contributed by atoms with Crippen LogP contribution in [-0.2, 0) is 33.9 Å². The van der Waals surface area contributed by atoms with Gasteiger partial charge in [-0.15, -0.1) is 0 Å². The molecular weight excluding hydrogens is 572 g/mol. The SMILES string of the molecule is Cc1cc(CNCc2ccc(-c3ccc(O)c4c3C[C@H]3C[C@H]5[C@H](N(C)C)C(=O)C(C(N)=O)=C(O)[C@@]5(O)C(=O)C3=C4O)o2)no1. The predicted octanol–water partition coefficient (Wildman–Crippen LogP) is 1.81. The fraction of sp³-hybridized carbons (Fsp3) is 0.355. The topological polar surface area (TPSA) is 213 Å². The molecule has 2 aromatic heterocycles. The number of phenolic OH excluding ortho intramolecular Hbond substituents is 1. The number of fused-ring (bicyclic) bond motifs is 3. The van der Waals surface area contributed by atoms with Crippen molar-refractivity contribution in [2.24, 2.45) is 17.6 Å². The number of carbonyl (C=O) groups excluding carboxylic acids is 3. The summed E-state index contributed by atoms with van der Waals surface area (Å²) in [4.78, 5) is 40.9. The van der Waals surface area contributed by atoms with Crippen LogP contribution in [0.25, 0.3) is 17.1 Å². The van der Waals surface area contributed by atoms with Gasteiger partial charge in [-0.25, -0.2) is 0 Å². The summed E-state index contributed by atoms with van der Waals surface area (Å²) in [6.45, 7) is 2.67. The third-order valence-electron chi connectivity index (χ3n) is 8.81. The minimum absolute atomic E-state index is 0.00346. The zero-order valence-electron chi connectivity index (χ0n) is 24.2. The summed E-state index contributed by atoms with van der Waals surface area (Å²) in [5.74, 6) is -5.17. The number of furan rings is 1. The minimum Gasteiger partial charge on any atom is -0.508 e. The first-order valence-corrected chi connectivity index (χ1v) is 14.1. The van der Waals surface area contributed by atoms with Gasteiger partial charge >= 0.3 is 0 Å². The Hall–Kier alpha value is -4.72. The van der Waals surface area contributed by atoms with Gasteiger partial charge in [0.25, 0.3) is 5.91 Å². The lowest BCUT2D eigenvalue weighted by Gasteiger charge is -2.50. The van der Waals surface area contributed by atoms with Crippen molar-refractivity contribution in [3.05, 3.63) is 75.6 Å². The van der Waals surface area contributed by atoms with E-state index in [4.69, 9.17) is 14.7 Å². The van der Waals surface area contributed by atoms with E-state index in [1.165, 1.54) is 11.0 Å². The molecule has 1 aromatic carbocycles. The maximum absolute atomic E-state index is 14.0. The standard InChI is InChI=1S/C31H32N4O9/c1-13-8-15(34-44-13)11-33-12-16-4-7-21(43-16)17-5-6-20(36)23-18(17)9-14-10-19-25(35(2)3)27(38)24(30(32)41)29(40)31(19,42)28(39)22(14)26(23)37/h4-8,14,19,25,33,36-37,40,42H,9-12H2,1-3H3,(H2,32,41)/t14-,19-,25-,31-/m0/s1. The van der Waals surface area contributed by atoms with Crippen molar-refractivity contribution in [3.8, 4) is 17.1 Å². The number of aliphatic hydroxyl groups is 3. The van der Waals surface area contributed by atoms with Gasteiger partial charge in [0.1, 0.15) is 40.1 Å². The van der Waals surface area contributed by atoms with Gasteiger partial charge in [-0.1, -0.05) is 5.16 Å². The maximum Gasteiger partial charge on any atom is 0.255 e. The molecule has 1 fully saturated rings. The Morgan fingerprint density at radius 2 is 1.91 bits per heavy atom. The number of rotatable bonds is 7. The molecule has 13 heteroatoms. The first-order valence-electron chi connectivity index (χ1n) is 14.1. The van der Waals surface area contributed by atoms with Crippen LogP contribution in [0.3, 0.4) is 0 Å². The second kappa shape index (κ2) is 10.5. The quantitative estimate of drug-likeness (QED) is 0.213. The highest BCUT2D eigenvalue weighted by molar-refractivity contribution is 6.24. The van der Waals surface area contributed by atoms with Crippen LogP contribution < -0.4 is 11.1 Å². The van der Waals surface area contributed by atoms with E-state index in [1.54, 1.807) is 32.3 Å². The Bertz CT molecular complexity index is 1780. The van der Waals surface area contributed by atoms with Crippen LogP contribution in [0.15, 0.2) is 56.2 Å².